The molecule has 1 aromatic carbocycles. The highest BCUT2D eigenvalue weighted by Gasteiger charge is 2.41. The Morgan fingerprint density at radius 1 is 1.04 bits per heavy atom. The maximum Gasteiger partial charge on any atom is 0.310 e. The molecule has 1 N–H and O–H groups in total. The van der Waals surface area contributed by atoms with E-state index in [2.05, 4.69) is 43.0 Å². The normalized spacial score (nSPS) is 24.1. The molecule has 6 heteroatoms. The number of rotatable bonds is 6. The van der Waals surface area contributed by atoms with E-state index in [1.807, 2.05) is 9.80 Å². The molecule has 0 spiro atoms. The molecule has 2 heterocycles. The second-order valence-corrected chi connectivity index (χ2v) is 8.88. The van der Waals surface area contributed by atoms with Crippen LogP contribution in [0, 0.1) is 5.41 Å². The summed E-state index contributed by atoms with van der Waals surface area (Å²) in [7, 11) is 0. The first-order valence-corrected chi connectivity index (χ1v) is 10.3. The summed E-state index contributed by atoms with van der Waals surface area (Å²) in [5, 5.41) is 9.34. The lowest BCUT2D eigenvalue weighted by molar-refractivity contribution is -0.147. The maximum absolute atomic E-state index is 12.6. The van der Waals surface area contributed by atoms with Crippen LogP contribution in [0.25, 0.3) is 0 Å². The molecule has 3 rings (SSSR count). The Labute approximate surface area is 168 Å². The van der Waals surface area contributed by atoms with Gasteiger partial charge in [0.1, 0.15) is 0 Å². The Morgan fingerprint density at radius 2 is 1.68 bits per heavy atom. The number of carboxylic acids is 1. The number of nitrogens with zero attached hydrogens (tertiary/aromatic N) is 3. The second kappa shape index (κ2) is 8.62. The molecule has 1 amide bonds. The van der Waals surface area contributed by atoms with Gasteiger partial charge in [0.15, 0.2) is 0 Å². The molecule has 0 bridgehead atoms. The van der Waals surface area contributed by atoms with Crippen molar-refractivity contribution in [2.24, 2.45) is 5.41 Å². The van der Waals surface area contributed by atoms with Crippen LogP contribution in [-0.2, 0) is 16.1 Å². The zero-order valence-corrected chi connectivity index (χ0v) is 17.4. The number of aliphatic carboxylic acids is 1. The molecule has 1 aromatic rings. The summed E-state index contributed by atoms with van der Waals surface area (Å²) in [6.45, 7) is 11.8. The van der Waals surface area contributed by atoms with Gasteiger partial charge in [0.25, 0.3) is 0 Å². The predicted molar refractivity (Wildman–Crippen MR) is 109 cm³/mol. The number of amides is 1. The monoisotopic (exact) mass is 387 g/mol. The van der Waals surface area contributed by atoms with Crippen LogP contribution in [0.2, 0.25) is 0 Å². The zero-order valence-electron chi connectivity index (χ0n) is 17.4. The highest BCUT2D eigenvalue weighted by atomic mass is 16.4. The summed E-state index contributed by atoms with van der Waals surface area (Å²) in [5.74, 6) is -0.0966. The largest absolute Gasteiger partial charge is 0.481 e. The van der Waals surface area contributed by atoms with Gasteiger partial charge in [-0.2, -0.15) is 0 Å². The minimum absolute atomic E-state index is 0.121. The van der Waals surface area contributed by atoms with Crippen molar-refractivity contribution in [1.82, 2.24) is 14.7 Å². The van der Waals surface area contributed by atoms with Crippen molar-refractivity contribution < 1.29 is 14.7 Å². The molecule has 2 fully saturated rings. The van der Waals surface area contributed by atoms with E-state index < -0.39 is 11.4 Å². The smallest absolute Gasteiger partial charge is 0.310 e. The molecule has 6 nitrogen and oxygen atoms in total. The summed E-state index contributed by atoms with van der Waals surface area (Å²) in [4.78, 5) is 30.3. The average molecular weight is 388 g/mol. The van der Waals surface area contributed by atoms with Gasteiger partial charge in [-0.05, 0) is 36.9 Å². The summed E-state index contributed by atoms with van der Waals surface area (Å²) < 4.78 is 0. The third-order valence-electron chi connectivity index (χ3n) is 6.21. The van der Waals surface area contributed by atoms with Crippen LogP contribution in [0.5, 0.6) is 0 Å². The van der Waals surface area contributed by atoms with Gasteiger partial charge in [-0.1, -0.05) is 38.1 Å². The topological polar surface area (TPSA) is 64.1 Å². The van der Waals surface area contributed by atoms with Gasteiger partial charge < -0.3 is 10.0 Å². The number of carboxylic acid groups (broad SMARTS) is 1. The highest BCUT2D eigenvalue weighted by molar-refractivity contribution is 5.79. The number of carbonyl (C=O) groups is 2. The molecule has 1 atom stereocenters. The number of benzene rings is 1. The zero-order chi connectivity index (χ0) is 20.3. The minimum Gasteiger partial charge on any atom is -0.481 e. The third kappa shape index (κ3) is 4.92. The van der Waals surface area contributed by atoms with Crippen LogP contribution < -0.4 is 0 Å². The first-order valence-electron chi connectivity index (χ1n) is 10.3. The predicted octanol–water partition coefficient (Wildman–Crippen LogP) is 2.25. The highest BCUT2D eigenvalue weighted by Crippen LogP contribution is 2.29. The summed E-state index contributed by atoms with van der Waals surface area (Å²) in [6, 6.07) is 8.83. The fourth-order valence-electron chi connectivity index (χ4n) is 4.08. The lowest BCUT2D eigenvalue weighted by atomic mass is 9.90. The SMILES string of the molecule is CC(C)c1ccc(CN2CCN(C(=O)CN3CCC(C)(C(=O)O)C3)CC2)cc1. The van der Waals surface area contributed by atoms with Crippen molar-refractivity contribution >= 4 is 11.9 Å². The number of piperazine rings is 1. The third-order valence-corrected chi connectivity index (χ3v) is 6.21. The van der Waals surface area contributed by atoms with Crippen molar-refractivity contribution in [2.45, 2.75) is 39.7 Å². The van der Waals surface area contributed by atoms with Crippen LogP contribution >= 0.6 is 0 Å². The molecular weight excluding hydrogens is 354 g/mol. The van der Waals surface area contributed by atoms with Gasteiger partial charge in [-0.3, -0.25) is 19.4 Å². The molecule has 0 saturated carbocycles. The molecule has 0 aliphatic carbocycles. The van der Waals surface area contributed by atoms with E-state index in [-0.39, 0.29) is 5.91 Å². The molecular formula is C22H33N3O3. The Hall–Kier alpha value is -1.92. The molecule has 2 aliphatic heterocycles. The number of likely N-dealkylation sites (tertiary alicyclic amines) is 1. The number of hydrogen-bond acceptors (Lipinski definition) is 4. The Bertz CT molecular complexity index is 695. The molecule has 28 heavy (non-hydrogen) atoms. The number of hydrogen-bond donors (Lipinski definition) is 1. The average Bonchev–Trinajstić information content (AvgIpc) is 3.05. The van der Waals surface area contributed by atoms with E-state index in [4.69, 9.17) is 0 Å². The van der Waals surface area contributed by atoms with Crippen LogP contribution in [0.4, 0.5) is 0 Å². The summed E-state index contributed by atoms with van der Waals surface area (Å²) in [5.41, 5.74) is 1.96. The molecule has 0 aromatic heterocycles. The first-order chi connectivity index (χ1) is 13.3. The molecule has 154 valence electrons. The van der Waals surface area contributed by atoms with Crippen LogP contribution in [0.1, 0.15) is 44.2 Å². The maximum atomic E-state index is 12.6. The van der Waals surface area contributed by atoms with Crippen molar-refractivity contribution in [2.75, 3.05) is 45.8 Å². The van der Waals surface area contributed by atoms with E-state index in [1.165, 1.54) is 11.1 Å². The first kappa shape index (κ1) is 20.8. The van der Waals surface area contributed by atoms with E-state index in [1.54, 1.807) is 6.92 Å². The van der Waals surface area contributed by atoms with E-state index in [9.17, 15) is 14.7 Å². The van der Waals surface area contributed by atoms with Gasteiger partial charge >= 0.3 is 5.97 Å². The fraction of sp³-hybridized carbons (Fsp3) is 0.636. The molecule has 0 radical (unpaired) electrons. The lowest BCUT2D eigenvalue weighted by Gasteiger charge is -2.35. The summed E-state index contributed by atoms with van der Waals surface area (Å²) in [6.07, 6.45) is 0.610. The van der Waals surface area contributed by atoms with Gasteiger partial charge in [0, 0.05) is 39.3 Å². The van der Waals surface area contributed by atoms with Gasteiger partial charge in [0.05, 0.1) is 12.0 Å². The van der Waals surface area contributed by atoms with Crippen molar-refractivity contribution in [3.8, 4) is 0 Å². The Morgan fingerprint density at radius 3 is 2.21 bits per heavy atom. The lowest BCUT2D eigenvalue weighted by Crippen LogP contribution is -2.50. The van der Waals surface area contributed by atoms with Gasteiger partial charge in [-0.25, -0.2) is 0 Å². The van der Waals surface area contributed by atoms with Gasteiger partial charge in [-0.15, -0.1) is 0 Å². The van der Waals surface area contributed by atoms with Crippen molar-refractivity contribution in [3.05, 3.63) is 35.4 Å². The molecule has 1 unspecified atom stereocenters. The number of carbonyl (C=O) groups excluding carboxylic acids is 1. The van der Waals surface area contributed by atoms with E-state index >= 15 is 0 Å². The molecule has 2 aliphatic rings. The summed E-state index contributed by atoms with van der Waals surface area (Å²) >= 11 is 0. The van der Waals surface area contributed by atoms with Crippen LogP contribution in [-0.4, -0.2) is 77.5 Å². The van der Waals surface area contributed by atoms with Crippen LogP contribution in [0.3, 0.4) is 0 Å². The van der Waals surface area contributed by atoms with E-state index in [0.717, 1.165) is 32.7 Å². The van der Waals surface area contributed by atoms with Crippen LogP contribution in [0.15, 0.2) is 24.3 Å². The Kier molecular flexibility index (Phi) is 6.40. The van der Waals surface area contributed by atoms with Crippen molar-refractivity contribution in [1.29, 1.82) is 0 Å². The fourth-order valence-corrected chi connectivity index (χ4v) is 4.08. The molecule has 2 saturated heterocycles. The van der Waals surface area contributed by atoms with E-state index in [0.29, 0.717) is 32.0 Å². The quantitative estimate of drug-likeness (QED) is 0.811. The van der Waals surface area contributed by atoms with Gasteiger partial charge in [0.2, 0.25) is 5.91 Å². The Balaban J connectivity index is 1.43. The van der Waals surface area contributed by atoms with Crippen molar-refractivity contribution in [3.63, 3.8) is 0 Å². The standard InChI is InChI=1S/C22H33N3O3/c1-17(2)19-6-4-18(5-7-19)14-23-10-12-25(13-11-23)20(26)15-24-9-8-22(3,16-24)21(27)28/h4-7,17H,8-16H2,1-3H3,(H,27,28). The minimum atomic E-state index is -0.766. The second-order valence-electron chi connectivity index (χ2n) is 8.88.